The Morgan fingerprint density at radius 1 is 1.07 bits per heavy atom. The zero-order valence-corrected chi connectivity index (χ0v) is 23.4. The third kappa shape index (κ3) is 6.13. The number of amides is 1. The summed E-state index contributed by atoms with van der Waals surface area (Å²) in [7, 11) is 0. The molecular formula is C33H31N3O3S. The summed E-state index contributed by atoms with van der Waals surface area (Å²) in [5, 5.41) is 17.2. The highest BCUT2D eigenvalue weighted by atomic mass is 32.2. The number of nitriles is 1. The smallest absolute Gasteiger partial charge is 0.234 e. The molecule has 0 spiro atoms. The van der Waals surface area contributed by atoms with Crippen LogP contribution in [0.5, 0.6) is 5.75 Å². The van der Waals surface area contributed by atoms with Crippen LogP contribution in [-0.2, 0) is 16.2 Å². The molecule has 1 aliphatic heterocycles. The van der Waals surface area contributed by atoms with E-state index in [9.17, 15) is 14.9 Å². The lowest BCUT2D eigenvalue weighted by Crippen LogP contribution is -2.31. The number of aryl methyl sites for hydroxylation is 2. The van der Waals surface area contributed by atoms with Crippen molar-refractivity contribution in [3.63, 3.8) is 0 Å². The maximum atomic E-state index is 13.1. The topological polar surface area (TPSA) is 91.2 Å². The second-order valence-corrected chi connectivity index (χ2v) is 11.1. The summed E-state index contributed by atoms with van der Waals surface area (Å²) >= 11 is 1.30. The van der Waals surface area contributed by atoms with Crippen LogP contribution < -0.4 is 15.4 Å². The standard InChI is InChI=1S/C33H31N3O3S/c1-21-11-12-22(2)28(17-21)35-30(38)20-40-33-26(18-34)31(32-27(36-33)9-6-10-29(32)37)24-13-15-25(16-14-24)39-19-23-7-4-3-5-8-23/h3-5,7-8,11-17,31,36H,6,9-10,19-20H2,1-2H3,(H,35,38)/t31-/m1/s1. The van der Waals surface area contributed by atoms with E-state index in [4.69, 9.17) is 4.74 Å². The number of ketones is 1. The fourth-order valence-electron chi connectivity index (χ4n) is 5.06. The molecule has 6 nitrogen and oxygen atoms in total. The van der Waals surface area contributed by atoms with Gasteiger partial charge in [-0.25, -0.2) is 0 Å². The Bertz CT molecular complexity index is 1540. The van der Waals surface area contributed by atoms with E-state index in [-0.39, 0.29) is 17.4 Å². The van der Waals surface area contributed by atoms with Crippen LogP contribution in [0, 0.1) is 25.2 Å². The average Bonchev–Trinajstić information content (AvgIpc) is 2.97. The van der Waals surface area contributed by atoms with Gasteiger partial charge >= 0.3 is 0 Å². The molecule has 40 heavy (non-hydrogen) atoms. The van der Waals surface area contributed by atoms with E-state index < -0.39 is 5.92 Å². The molecule has 1 heterocycles. The number of nitrogens with zero attached hydrogens (tertiary/aromatic N) is 1. The van der Waals surface area contributed by atoms with E-state index in [0.29, 0.717) is 35.0 Å². The molecule has 2 aliphatic rings. The maximum Gasteiger partial charge on any atom is 0.234 e. The molecule has 3 aromatic rings. The van der Waals surface area contributed by atoms with Crippen molar-refractivity contribution in [2.45, 2.75) is 45.6 Å². The predicted octanol–water partition coefficient (Wildman–Crippen LogP) is 6.68. The van der Waals surface area contributed by atoms with Crippen LogP contribution in [0.1, 0.15) is 47.4 Å². The van der Waals surface area contributed by atoms with E-state index in [1.165, 1.54) is 11.8 Å². The molecule has 3 aromatic carbocycles. The zero-order chi connectivity index (χ0) is 28.1. The van der Waals surface area contributed by atoms with Crippen molar-refractivity contribution in [2.24, 2.45) is 0 Å². The summed E-state index contributed by atoms with van der Waals surface area (Å²) in [6.07, 6.45) is 1.96. The first-order valence-electron chi connectivity index (χ1n) is 13.4. The van der Waals surface area contributed by atoms with E-state index >= 15 is 0 Å². The predicted molar refractivity (Wildman–Crippen MR) is 159 cm³/mol. The van der Waals surface area contributed by atoms with Crippen LogP contribution in [-0.4, -0.2) is 17.4 Å². The molecule has 0 bridgehead atoms. The molecule has 0 saturated carbocycles. The molecule has 2 N–H and O–H groups in total. The number of hydrogen-bond acceptors (Lipinski definition) is 6. The molecule has 0 fully saturated rings. The van der Waals surface area contributed by atoms with Gasteiger partial charge in [-0.05, 0) is 67.1 Å². The first kappa shape index (κ1) is 27.3. The fraction of sp³-hybridized carbons (Fsp3) is 0.242. The average molecular weight is 550 g/mol. The summed E-state index contributed by atoms with van der Waals surface area (Å²) in [5.41, 5.74) is 6.73. The van der Waals surface area contributed by atoms with E-state index in [0.717, 1.165) is 46.5 Å². The largest absolute Gasteiger partial charge is 0.489 e. The minimum absolute atomic E-state index is 0.0626. The number of carbonyl (C=O) groups is 2. The van der Waals surface area contributed by atoms with Crippen LogP contribution in [0.15, 0.2) is 94.7 Å². The summed E-state index contributed by atoms with van der Waals surface area (Å²) in [5.74, 6) is 0.276. The minimum Gasteiger partial charge on any atom is -0.489 e. The Morgan fingerprint density at radius 2 is 1.85 bits per heavy atom. The van der Waals surface area contributed by atoms with Crippen LogP contribution >= 0.6 is 11.8 Å². The van der Waals surface area contributed by atoms with Gasteiger partial charge in [-0.3, -0.25) is 9.59 Å². The highest BCUT2D eigenvalue weighted by Gasteiger charge is 2.37. The molecule has 7 heteroatoms. The number of Topliss-reactive ketones (excluding diaryl/α,β-unsaturated/α-hetero) is 1. The summed E-state index contributed by atoms with van der Waals surface area (Å²) < 4.78 is 5.95. The van der Waals surface area contributed by atoms with Gasteiger partial charge < -0.3 is 15.4 Å². The fourth-order valence-corrected chi connectivity index (χ4v) is 5.92. The maximum absolute atomic E-state index is 13.1. The molecular weight excluding hydrogens is 518 g/mol. The number of nitrogens with one attached hydrogen (secondary N) is 2. The van der Waals surface area contributed by atoms with Gasteiger partial charge in [0.2, 0.25) is 5.91 Å². The lowest BCUT2D eigenvalue weighted by atomic mass is 9.77. The van der Waals surface area contributed by atoms with Crippen molar-refractivity contribution in [1.29, 1.82) is 5.26 Å². The summed E-state index contributed by atoms with van der Waals surface area (Å²) in [6.45, 7) is 4.39. The lowest BCUT2D eigenvalue weighted by molar-refractivity contribution is -0.116. The number of ether oxygens (including phenoxy) is 1. The number of rotatable bonds is 8. The van der Waals surface area contributed by atoms with Gasteiger partial charge in [0, 0.05) is 23.4 Å². The number of anilines is 1. The van der Waals surface area contributed by atoms with Gasteiger partial charge in [0.15, 0.2) is 5.78 Å². The van der Waals surface area contributed by atoms with Gasteiger partial charge in [0.05, 0.1) is 28.3 Å². The molecule has 202 valence electrons. The molecule has 1 amide bonds. The Labute approximate surface area is 239 Å². The minimum atomic E-state index is -0.484. The first-order chi connectivity index (χ1) is 19.4. The Hall–Kier alpha value is -4.28. The van der Waals surface area contributed by atoms with Crippen LogP contribution in [0.4, 0.5) is 5.69 Å². The van der Waals surface area contributed by atoms with E-state index in [2.05, 4.69) is 16.7 Å². The molecule has 1 atom stereocenters. The van der Waals surface area contributed by atoms with Gasteiger partial charge in [0.1, 0.15) is 12.4 Å². The molecule has 1 aliphatic carbocycles. The normalized spacial score (nSPS) is 16.6. The molecule has 0 aromatic heterocycles. The second-order valence-electron chi connectivity index (χ2n) is 10.1. The number of dihydropyridines is 1. The second kappa shape index (κ2) is 12.3. The highest BCUT2D eigenvalue weighted by molar-refractivity contribution is 8.03. The number of carbonyl (C=O) groups excluding carboxylic acids is 2. The number of hydrogen-bond donors (Lipinski definition) is 2. The molecule has 5 rings (SSSR count). The Balaban J connectivity index is 1.37. The zero-order valence-electron chi connectivity index (χ0n) is 22.6. The van der Waals surface area contributed by atoms with Crippen molar-refractivity contribution in [3.8, 4) is 11.8 Å². The van der Waals surface area contributed by atoms with Gasteiger partial charge in [0.25, 0.3) is 0 Å². The third-order valence-corrected chi connectivity index (χ3v) is 8.16. The van der Waals surface area contributed by atoms with Crippen molar-refractivity contribution in [2.75, 3.05) is 11.1 Å². The van der Waals surface area contributed by atoms with E-state index in [1.807, 2.05) is 86.6 Å². The van der Waals surface area contributed by atoms with Crippen LogP contribution in [0.2, 0.25) is 0 Å². The van der Waals surface area contributed by atoms with Crippen molar-refractivity contribution in [1.82, 2.24) is 5.32 Å². The van der Waals surface area contributed by atoms with Crippen LogP contribution in [0.25, 0.3) is 0 Å². The first-order valence-corrected chi connectivity index (χ1v) is 14.4. The number of thioether (sulfide) groups is 1. The van der Waals surface area contributed by atoms with E-state index in [1.54, 1.807) is 0 Å². The Kier molecular flexibility index (Phi) is 8.37. The van der Waals surface area contributed by atoms with Crippen molar-refractivity contribution >= 4 is 29.1 Å². The highest BCUT2D eigenvalue weighted by Crippen LogP contribution is 2.44. The summed E-state index contributed by atoms with van der Waals surface area (Å²) in [6, 6.07) is 25.9. The molecule has 0 saturated heterocycles. The third-order valence-electron chi connectivity index (χ3n) is 7.14. The number of allylic oxidation sites excluding steroid dienone is 3. The molecule has 0 unspecified atom stereocenters. The quantitative estimate of drug-likeness (QED) is 0.326. The van der Waals surface area contributed by atoms with Crippen molar-refractivity contribution < 1.29 is 14.3 Å². The lowest BCUT2D eigenvalue weighted by Gasteiger charge is -2.33. The molecule has 0 radical (unpaired) electrons. The number of benzene rings is 3. The Morgan fingerprint density at radius 3 is 2.60 bits per heavy atom. The van der Waals surface area contributed by atoms with Crippen molar-refractivity contribution in [3.05, 3.63) is 117 Å². The van der Waals surface area contributed by atoms with Gasteiger partial charge in [-0.2, -0.15) is 5.26 Å². The monoisotopic (exact) mass is 549 g/mol. The van der Waals surface area contributed by atoms with Gasteiger partial charge in [-0.15, -0.1) is 0 Å². The van der Waals surface area contributed by atoms with Crippen LogP contribution in [0.3, 0.4) is 0 Å². The van der Waals surface area contributed by atoms with Gasteiger partial charge in [-0.1, -0.05) is 66.4 Å². The summed E-state index contributed by atoms with van der Waals surface area (Å²) in [4.78, 5) is 26.0. The SMILES string of the molecule is Cc1ccc(C)c(NC(=O)CSC2=C(C#N)[C@@H](c3ccc(OCc4ccccc4)cc3)C3=C(CCCC3=O)N2)c1.